The van der Waals surface area contributed by atoms with Gasteiger partial charge < -0.3 is 14.2 Å². The van der Waals surface area contributed by atoms with E-state index in [1.165, 1.54) is 6.26 Å². The Morgan fingerprint density at radius 2 is 2.09 bits per heavy atom. The van der Waals surface area contributed by atoms with E-state index in [0.29, 0.717) is 42.5 Å². The number of carbonyl (C=O) groups excluding carboxylic acids is 1. The van der Waals surface area contributed by atoms with Crippen LogP contribution in [0.5, 0.6) is 0 Å². The summed E-state index contributed by atoms with van der Waals surface area (Å²) in [7, 11) is 0. The van der Waals surface area contributed by atoms with Gasteiger partial charge in [0.25, 0.3) is 11.5 Å². The second kappa shape index (κ2) is 5.57. The van der Waals surface area contributed by atoms with Crippen molar-refractivity contribution in [2.75, 3.05) is 24.5 Å². The maximum Gasteiger partial charge on any atom is 0.289 e. The van der Waals surface area contributed by atoms with Gasteiger partial charge in [0.15, 0.2) is 5.76 Å². The molecule has 4 heterocycles. The van der Waals surface area contributed by atoms with Gasteiger partial charge in [-0.05, 0) is 31.4 Å². The van der Waals surface area contributed by atoms with Crippen molar-refractivity contribution in [3.63, 3.8) is 0 Å². The predicted molar refractivity (Wildman–Crippen MR) is 83.5 cm³/mol. The molecule has 0 bridgehead atoms. The van der Waals surface area contributed by atoms with Crippen LogP contribution in [0, 0.1) is 0 Å². The van der Waals surface area contributed by atoms with Crippen molar-refractivity contribution >= 4 is 11.9 Å². The molecular formula is C16H18N4O3. The number of carbonyl (C=O) groups is 1. The zero-order valence-corrected chi connectivity index (χ0v) is 12.7. The molecule has 1 N–H and O–H groups in total. The standard InChI is InChI=1S/C16H18N4O3/c21-14-11-5-8-20(15(22)13-4-3-9-23-13)10-12(11)17-16(18-14)19-6-1-2-7-19/h3-4,9H,1-2,5-8,10H2,(H,17,18,21). The average molecular weight is 314 g/mol. The number of hydrogen-bond acceptors (Lipinski definition) is 5. The first-order chi connectivity index (χ1) is 11.2. The minimum Gasteiger partial charge on any atom is -0.459 e. The molecule has 2 aromatic rings. The summed E-state index contributed by atoms with van der Waals surface area (Å²) in [6, 6.07) is 3.35. The third-order valence-electron chi connectivity index (χ3n) is 4.49. The number of rotatable bonds is 2. The SMILES string of the molecule is O=C(c1ccco1)N1CCc2c(nc(N3CCCC3)[nH]c2=O)C1. The van der Waals surface area contributed by atoms with Crippen LogP contribution in [0.25, 0.3) is 0 Å². The minimum absolute atomic E-state index is 0.0815. The Bertz CT molecular complexity index is 775. The third-order valence-corrected chi connectivity index (χ3v) is 4.49. The molecule has 1 amide bonds. The molecule has 1 saturated heterocycles. The summed E-state index contributed by atoms with van der Waals surface area (Å²) in [5.74, 6) is 0.780. The molecular weight excluding hydrogens is 296 g/mol. The van der Waals surface area contributed by atoms with Gasteiger partial charge in [0.1, 0.15) is 0 Å². The number of hydrogen-bond donors (Lipinski definition) is 1. The largest absolute Gasteiger partial charge is 0.459 e. The van der Waals surface area contributed by atoms with Crippen molar-refractivity contribution in [3.05, 3.63) is 45.8 Å². The first-order valence-corrected chi connectivity index (χ1v) is 7.92. The lowest BCUT2D eigenvalue weighted by molar-refractivity contribution is 0.0699. The highest BCUT2D eigenvalue weighted by molar-refractivity contribution is 5.91. The van der Waals surface area contributed by atoms with E-state index in [1.807, 2.05) is 0 Å². The Morgan fingerprint density at radius 1 is 1.26 bits per heavy atom. The van der Waals surface area contributed by atoms with Gasteiger partial charge in [-0.1, -0.05) is 0 Å². The van der Waals surface area contributed by atoms with Crippen LogP contribution in [0.15, 0.2) is 27.6 Å². The van der Waals surface area contributed by atoms with Crippen LogP contribution < -0.4 is 10.5 Å². The zero-order chi connectivity index (χ0) is 15.8. The Morgan fingerprint density at radius 3 is 2.83 bits per heavy atom. The van der Waals surface area contributed by atoms with Gasteiger partial charge in [0, 0.05) is 25.2 Å². The van der Waals surface area contributed by atoms with Gasteiger partial charge in [-0.3, -0.25) is 14.6 Å². The fourth-order valence-corrected chi connectivity index (χ4v) is 3.23. The lowest BCUT2D eigenvalue weighted by atomic mass is 10.1. The van der Waals surface area contributed by atoms with Crippen LogP contribution in [-0.2, 0) is 13.0 Å². The Labute approximate surface area is 132 Å². The lowest BCUT2D eigenvalue weighted by Gasteiger charge is -2.28. The molecule has 0 aliphatic carbocycles. The van der Waals surface area contributed by atoms with Crippen LogP contribution in [0.2, 0.25) is 0 Å². The number of aromatic amines is 1. The maximum atomic E-state index is 12.4. The van der Waals surface area contributed by atoms with Gasteiger partial charge in [-0.2, -0.15) is 0 Å². The Kier molecular flexibility index (Phi) is 3.40. The summed E-state index contributed by atoms with van der Waals surface area (Å²) < 4.78 is 5.18. The van der Waals surface area contributed by atoms with Crippen molar-refractivity contribution in [2.24, 2.45) is 0 Å². The number of aromatic nitrogens is 2. The molecule has 0 aromatic carbocycles. The van der Waals surface area contributed by atoms with Crippen LogP contribution in [0.4, 0.5) is 5.95 Å². The van der Waals surface area contributed by atoms with E-state index in [-0.39, 0.29) is 11.5 Å². The molecule has 120 valence electrons. The molecule has 1 fully saturated rings. The highest BCUT2D eigenvalue weighted by Gasteiger charge is 2.27. The summed E-state index contributed by atoms with van der Waals surface area (Å²) in [6.07, 6.45) is 4.23. The summed E-state index contributed by atoms with van der Waals surface area (Å²) in [5.41, 5.74) is 1.31. The van der Waals surface area contributed by atoms with E-state index in [4.69, 9.17) is 4.42 Å². The van der Waals surface area contributed by atoms with Gasteiger partial charge in [0.2, 0.25) is 5.95 Å². The van der Waals surface area contributed by atoms with Gasteiger partial charge in [-0.25, -0.2) is 4.98 Å². The van der Waals surface area contributed by atoms with Crippen molar-refractivity contribution in [2.45, 2.75) is 25.8 Å². The van der Waals surface area contributed by atoms with Gasteiger partial charge >= 0.3 is 0 Å². The summed E-state index contributed by atoms with van der Waals surface area (Å²) >= 11 is 0. The molecule has 7 heteroatoms. The van der Waals surface area contributed by atoms with E-state index in [2.05, 4.69) is 14.9 Å². The fourth-order valence-electron chi connectivity index (χ4n) is 3.23. The fraction of sp³-hybridized carbons (Fsp3) is 0.438. The average Bonchev–Trinajstić information content (AvgIpc) is 3.27. The number of nitrogens with zero attached hydrogens (tertiary/aromatic N) is 3. The highest BCUT2D eigenvalue weighted by atomic mass is 16.3. The molecule has 4 rings (SSSR count). The summed E-state index contributed by atoms with van der Waals surface area (Å²) in [5, 5.41) is 0. The van der Waals surface area contributed by atoms with Crippen molar-refractivity contribution in [1.82, 2.24) is 14.9 Å². The second-order valence-corrected chi connectivity index (χ2v) is 5.96. The van der Waals surface area contributed by atoms with Crippen molar-refractivity contribution in [1.29, 1.82) is 0 Å². The van der Waals surface area contributed by atoms with E-state index in [0.717, 1.165) is 25.9 Å². The zero-order valence-electron chi connectivity index (χ0n) is 12.7. The lowest BCUT2D eigenvalue weighted by Crippen LogP contribution is -2.39. The second-order valence-electron chi connectivity index (χ2n) is 5.96. The first kappa shape index (κ1) is 14.0. The molecule has 0 atom stereocenters. The number of amides is 1. The van der Waals surface area contributed by atoms with E-state index in [1.54, 1.807) is 17.0 Å². The monoisotopic (exact) mass is 314 g/mol. The molecule has 2 aliphatic rings. The van der Waals surface area contributed by atoms with E-state index in [9.17, 15) is 9.59 Å². The van der Waals surface area contributed by atoms with Gasteiger partial charge in [0.05, 0.1) is 18.5 Å². The summed E-state index contributed by atoms with van der Waals surface area (Å²) in [4.78, 5) is 36.0. The maximum absolute atomic E-state index is 12.4. The van der Waals surface area contributed by atoms with E-state index >= 15 is 0 Å². The van der Waals surface area contributed by atoms with Crippen molar-refractivity contribution in [3.8, 4) is 0 Å². The number of H-pyrrole nitrogens is 1. The molecule has 0 radical (unpaired) electrons. The molecule has 2 aliphatic heterocycles. The molecule has 23 heavy (non-hydrogen) atoms. The predicted octanol–water partition coefficient (Wildman–Crippen LogP) is 1.16. The third kappa shape index (κ3) is 2.52. The molecule has 7 nitrogen and oxygen atoms in total. The first-order valence-electron chi connectivity index (χ1n) is 7.92. The summed E-state index contributed by atoms with van der Waals surface area (Å²) in [6.45, 7) is 2.67. The normalized spacial score (nSPS) is 17.4. The Balaban J connectivity index is 1.62. The topological polar surface area (TPSA) is 82.4 Å². The molecule has 0 unspecified atom stereocenters. The van der Waals surface area contributed by atoms with Crippen LogP contribution in [0.3, 0.4) is 0 Å². The molecule has 0 spiro atoms. The van der Waals surface area contributed by atoms with E-state index < -0.39 is 0 Å². The van der Waals surface area contributed by atoms with Gasteiger partial charge in [-0.15, -0.1) is 0 Å². The smallest absolute Gasteiger partial charge is 0.289 e. The highest BCUT2D eigenvalue weighted by Crippen LogP contribution is 2.20. The Hall–Kier alpha value is -2.57. The number of anilines is 1. The molecule has 0 saturated carbocycles. The van der Waals surface area contributed by atoms with Crippen LogP contribution in [0.1, 0.15) is 34.7 Å². The number of furan rings is 1. The van der Waals surface area contributed by atoms with Crippen molar-refractivity contribution < 1.29 is 9.21 Å². The van der Waals surface area contributed by atoms with Crippen LogP contribution >= 0.6 is 0 Å². The van der Waals surface area contributed by atoms with Crippen LogP contribution in [-0.4, -0.2) is 40.4 Å². The number of fused-ring (bicyclic) bond motifs is 1. The quantitative estimate of drug-likeness (QED) is 0.899. The molecule has 2 aromatic heterocycles. The number of nitrogens with one attached hydrogen (secondary N) is 1. The minimum atomic E-state index is -0.162.